The van der Waals surface area contributed by atoms with E-state index in [2.05, 4.69) is 4.98 Å². The van der Waals surface area contributed by atoms with Gasteiger partial charge in [-0.2, -0.15) is 0 Å². The predicted molar refractivity (Wildman–Crippen MR) is 79.0 cm³/mol. The molecule has 0 bridgehead atoms. The number of carbonyl (C=O) groups excluding carboxylic acids is 1. The van der Waals surface area contributed by atoms with Crippen molar-refractivity contribution in [1.29, 1.82) is 0 Å². The number of nitrogens with zero attached hydrogens (tertiary/aromatic N) is 2. The second-order valence-corrected chi connectivity index (χ2v) is 5.00. The number of pyridine rings is 1. The highest BCUT2D eigenvalue weighted by atomic mass is 19.1. The number of aromatic nitrogens is 1. The van der Waals surface area contributed by atoms with Crippen LogP contribution in [-0.2, 0) is 6.54 Å². The Kier molecular flexibility index (Phi) is 4.82. The maximum Gasteiger partial charge on any atom is 0.254 e. The van der Waals surface area contributed by atoms with Gasteiger partial charge in [0, 0.05) is 30.9 Å². The number of nitrogens with two attached hydrogens (primary N) is 1. The Morgan fingerprint density at radius 3 is 2.73 bits per heavy atom. The summed E-state index contributed by atoms with van der Waals surface area (Å²) in [6, 6.07) is 5.74. The Hall–Kier alpha value is -2.34. The molecule has 0 radical (unpaired) electrons. The van der Waals surface area contributed by atoms with Gasteiger partial charge in [-0.25, -0.2) is 8.78 Å². The van der Waals surface area contributed by atoms with E-state index >= 15 is 0 Å². The molecule has 0 saturated carbocycles. The van der Waals surface area contributed by atoms with E-state index in [0.29, 0.717) is 11.3 Å². The lowest BCUT2D eigenvalue weighted by atomic mass is 10.1. The highest BCUT2D eigenvalue weighted by Crippen LogP contribution is 2.24. The molecule has 1 amide bonds. The molecule has 6 heteroatoms. The number of halogens is 2. The first kappa shape index (κ1) is 16.0. The van der Waals surface area contributed by atoms with Gasteiger partial charge in [-0.15, -0.1) is 0 Å². The zero-order valence-electron chi connectivity index (χ0n) is 12.4. The van der Waals surface area contributed by atoms with Crippen molar-refractivity contribution < 1.29 is 13.6 Å². The van der Waals surface area contributed by atoms with Crippen LogP contribution in [0, 0.1) is 11.6 Å². The summed E-state index contributed by atoms with van der Waals surface area (Å²) in [7, 11) is 1.54. The van der Waals surface area contributed by atoms with E-state index in [0.717, 1.165) is 18.2 Å². The molecule has 0 aliphatic carbocycles. The van der Waals surface area contributed by atoms with E-state index < -0.39 is 17.7 Å². The lowest BCUT2D eigenvalue weighted by molar-refractivity contribution is 0.0740. The average Bonchev–Trinajstić information content (AvgIpc) is 2.55. The fourth-order valence-electron chi connectivity index (χ4n) is 2.15. The molecule has 1 aromatic heterocycles. The Balaban J connectivity index is 2.27. The van der Waals surface area contributed by atoms with Crippen molar-refractivity contribution in [3.8, 4) is 0 Å². The summed E-state index contributed by atoms with van der Waals surface area (Å²) < 4.78 is 27.1. The van der Waals surface area contributed by atoms with Gasteiger partial charge in [-0.05, 0) is 37.3 Å². The number of carbonyl (C=O) groups is 1. The monoisotopic (exact) mass is 305 g/mol. The van der Waals surface area contributed by atoms with Crippen molar-refractivity contribution in [2.75, 3.05) is 7.05 Å². The number of hydrogen-bond acceptors (Lipinski definition) is 3. The second-order valence-electron chi connectivity index (χ2n) is 5.00. The van der Waals surface area contributed by atoms with Crippen LogP contribution in [0.1, 0.15) is 34.6 Å². The normalized spacial score (nSPS) is 12.0. The fraction of sp³-hybridized carbons (Fsp3) is 0.250. The molecule has 1 unspecified atom stereocenters. The first-order valence-corrected chi connectivity index (χ1v) is 6.81. The molecular formula is C16H17F2N3O. The van der Waals surface area contributed by atoms with E-state index in [1.165, 1.54) is 11.1 Å². The third kappa shape index (κ3) is 3.28. The van der Waals surface area contributed by atoms with Gasteiger partial charge in [0.2, 0.25) is 0 Å². The first-order valence-electron chi connectivity index (χ1n) is 6.81. The molecule has 2 aromatic rings. The molecule has 1 aromatic carbocycles. The summed E-state index contributed by atoms with van der Waals surface area (Å²) in [5, 5.41) is 0. The average molecular weight is 305 g/mol. The van der Waals surface area contributed by atoms with Gasteiger partial charge in [0.15, 0.2) is 0 Å². The van der Waals surface area contributed by atoms with E-state index in [1.54, 1.807) is 26.1 Å². The van der Waals surface area contributed by atoms with Gasteiger partial charge in [0.1, 0.15) is 11.6 Å². The van der Waals surface area contributed by atoms with E-state index in [9.17, 15) is 13.6 Å². The Morgan fingerprint density at radius 2 is 2.05 bits per heavy atom. The smallest absolute Gasteiger partial charge is 0.254 e. The molecule has 0 aliphatic heterocycles. The molecule has 4 nitrogen and oxygen atoms in total. The topological polar surface area (TPSA) is 59.2 Å². The fourth-order valence-corrected chi connectivity index (χ4v) is 2.15. The van der Waals surface area contributed by atoms with E-state index in [1.807, 2.05) is 0 Å². The van der Waals surface area contributed by atoms with Crippen LogP contribution in [0.4, 0.5) is 8.78 Å². The van der Waals surface area contributed by atoms with E-state index in [-0.39, 0.29) is 18.0 Å². The third-order valence-electron chi connectivity index (χ3n) is 3.58. The summed E-state index contributed by atoms with van der Waals surface area (Å²) in [6.45, 7) is 1.86. The van der Waals surface area contributed by atoms with Gasteiger partial charge in [0.25, 0.3) is 5.91 Å². The third-order valence-corrected chi connectivity index (χ3v) is 3.58. The number of rotatable bonds is 4. The van der Waals surface area contributed by atoms with Crippen molar-refractivity contribution in [2.45, 2.75) is 19.5 Å². The van der Waals surface area contributed by atoms with Crippen LogP contribution in [0.5, 0.6) is 0 Å². The molecule has 22 heavy (non-hydrogen) atoms. The van der Waals surface area contributed by atoms with Gasteiger partial charge >= 0.3 is 0 Å². The van der Waals surface area contributed by atoms with Crippen LogP contribution in [0.25, 0.3) is 0 Å². The summed E-state index contributed by atoms with van der Waals surface area (Å²) in [6.07, 6.45) is 1.50. The summed E-state index contributed by atoms with van der Waals surface area (Å²) in [5.41, 5.74) is 6.62. The summed E-state index contributed by atoms with van der Waals surface area (Å²) in [5.74, 6) is -1.40. The standard InChI is InChI=1S/C16H17F2N3O/c1-10(14-8-12(17)3-4-15(14)18)21(2)16(22)11-5-6-20-13(7-11)9-19/h3-8,10H,9,19H2,1-2H3. The van der Waals surface area contributed by atoms with Crippen molar-refractivity contribution in [3.63, 3.8) is 0 Å². The number of benzene rings is 1. The Morgan fingerprint density at radius 1 is 1.32 bits per heavy atom. The van der Waals surface area contributed by atoms with Gasteiger partial charge in [0.05, 0.1) is 11.7 Å². The lowest BCUT2D eigenvalue weighted by Crippen LogP contribution is -2.30. The van der Waals surface area contributed by atoms with Crippen molar-refractivity contribution in [3.05, 3.63) is 65.0 Å². The largest absolute Gasteiger partial charge is 0.335 e. The molecular weight excluding hydrogens is 288 g/mol. The zero-order valence-corrected chi connectivity index (χ0v) is 12.4. The van der Waals surface area contributed by atoms with Crippen LogP contribution < -0.4 is 5.73 Å². The maximum absolute atomic E-state index is 13.8. The highest BCUT2D eigenvalue weighted by molar-refractivity contribution is 5.94. The minimum absolute atomic E-state index is 0.129. The predicted octanol–water partition coefficient (Wildman–Crippen LogP) is 2.65. The van der Waals surface area contributed by atoms with Crippen LogP contribution in [0.2, 0.25) is 0 Å². The SMILES string of the molecule is CC(c1cc(F)ccc1F)N(C)C(=O)c1ccnc(CN)c1. The zero-order chi connectivity index (χ0) is 16.3. The van der Waals surface area contributed by atoms with Crippen molar-refractivity contribution in [1.82, 2.24) is 9.88 Å². The first-order chi connectivity index (χ1) is 10.4. The minimum atomic E-state index is -0.613. The van der Waals surface area contributed by atoms with Crippen molar-refractivity contribution >= 4 is 5.91 Å². The molecule has 1 heterocycles. The van der Waals surface area contributed by atoms with Crippen molar-refractivity contribution in [2.24, 2.45) is 5.73 Å². The van der Waals surface area contributed by atoms with Gasteiger partial charge < -0.3 is 10.6 Å². The summed E-state index contributed by atoms with van der Waals surface area (Å²) in [4.78, 5) is 17.8. The van der Waals surface area contributed by atoms with Gasteiger partial charge in [-0.1, -0.05) is 0 Å². The van der Waals surface area contributed by atoms with E-state index in [4.69, 9.17) is 5.73 Å². The molecule has 0 fully saturated rings. The van der Waals surface area contributed by atoms with Crippen LogP contribution in [0.15, 0.2) is 36.5 Å². The highest BCUT2D eigenvalue weighted by Gasteiger charge is 2.22. The molecule has 116 valence electrons. The van der Waals surface area contributed by atoms with Crippen LogP contribution in [-0.4, -0.2) is 22.8 Å². The van der Waals surface area contributed by atoms with Gasteiger partial charge in [-0.3, -0.25) is 9.78 Å². The molecule has 2 N–H and O–H groups in total. The van der Waals surface area contributed by atoms with Crippen LogP contribution >= 0.6 is 0 Å². The minimum Gasteiger partial charge on any atom is -0.335 e. The molecule has 0 spiro atoms. The molecule has 0 saturated heterocycles. The molecule has 2 rings (SSSR count). The lowest BCUT2D eigenvalue weighted by Gasteiger charge is -2.26. The maximum atomic E-state index is 13.8. The molecule has 1 atom stereocenters. The Labute approximate surface area is 127 Å². The Bertz CT molecular complexity index is 691. The number of hydrogen-bond donors (Lipinski definition) is 1. The molecule has 0 aliphatic rings. The quantitative estimate of drug-likeness (QED) is 0.944. The number of amides is 1. The van der Waals surface area contributed by atoms with Crippen LogP contribution in [0.3, 0.4) is 0 Å². The summed E-state index contributed by atoms with van der Waals surface area (Å²) >= 11 is 0. The second kappa shape index (κ2) is 6.62.